The number of halogens is 1. The molecule has 2 aliphatic rings. The monoisotopic (exact) mass is 495 g/mol. The first-order valence-corrected chi connectivity index (χ1v) is 9.91. The van der Waals surface area contributed by atoms with Gasteiger partial charge in [-0.2, -0.15) is 0 Å². The Kier molecular flexibility index (Phi) is 7.14. The van der Waals surface area contributed by atoms with Crippen LogP contribution in [0.2, 0.25) is 0 Å². The molecule has 0 spiro atoms. The standard InChI is InChI=1S/C20H29N7.HI/c1-15-24-25-19(26(15)2)14-21-20(22-16-8-9-16)23-17-10-12-27(13-11-17)18-6-4-3-5-7-18;/h3-7,16-17H,8-14H2,1-2H3,(H2,21,22,23);1H. The Morgan fingerprint density at radius 1 is 1.04 bits per heavy atom. The van der Waals surface area contributed by atoms with Crippen LogP contribution in [0.4, 0.5) is 5.69 Å². The van der Waals surface area contributed by atoms with Gasteiger partial charge in [-0.05, 0) is 44.7 Å². The fourth-order valence-electron chi connectivity index (χ4n) is 3.41. The lowest BCUT2D eigenvalue weighted by atomic mass is 10.0. The zero-order chi connectivity index (χ0) is 18.6. The van der Waals surface area contributed by atoms with Gasteiger partial charge in [-0.1, -0.05) is 18.2 Å². The van der Waals surface area contributed by atoms with Gasteiger partial charge in [0.05, 0.1) is 0 Å². The third kappa shape index (κ3) is 5.36. The van der Waals surface area contributed by atoms with Crippen LogP contribution in [0.3, 0.4) is 0 Å². The molecule has 1 saturated heterocycles. The highest BCUT2D eigenvalue weighted by molar-refractivity contribution is 14.0. The molecule has 1 aromatic carbocycles. The van der Waals surface area contributed by atoms with Crippen LogP contribution in [-0.4, -0.2) is 45.9 Å². The number of nitrogens with one attached hydrogen (secondary N) is 2. The van der Waals surface area contributed by atoms with Crippen molar-refractivity contribution in [3.63, 3.8) is 0 Å². The molecule has 152 valence electrons. The molecule has 2 heterocycles. The molecule has 1 aliphatic heterocycles. The van der Waals surface area contributed by atoms with Crippen LogP contribution in [0.1, 0.15) is 37.3 Å². The summed E-state index contributed by atoms with van der Waals surface area (Å²) in [5.41, 5.74) is 1.32. The molecule has 0 amide bonds. The molecule has 0 bridgehead atoms. The van der Waals surface area contributed by atoms with Gasteiger partial charge in [0.25, 0.3) is 0 Å². The highest BCUT2D eigenvalue weighted by Gasteiger charge is 2.25. The summed E-state index contributed by atoms with van der Waals surface area (Å²) < 4.78 is 2.00. The van der Waals surface area contributed by atoms with Gasteiger partial charge in [-0.25, -0.2) is 4.99 Å². The Labute approximate surface area is 184 Å². The first kappa shape index (κ1) is 20.9. The van der Waals surface area contributed by atoms with Crippen molar-refractivity contribution in [1.29, 1.82) is 0 Å². The van der Waals surface area contributed by atoms with Crippen molar-refractivity contribution in [2.45, 2.75) is 51.2 Å². The van der Waals surface area contributed by atoms with Gasteiger partial charge in [0.1, 0.15) is 12.4 Å². The minimum Gasteiger partial charge on any atom is -0.371 e. The Morgan fingerprint density at radius 3 is 2.25 bits per heavy atom. The van der Waals surface area contributed by atoms with Crippen LogP contribution in [0, 0.1) is 6.92 Å². The van der Waals surface area contributed by atoms with E-state index in [9.17, 15) is 0 Å². The van der Waals surface area contributed by atoms with Crippen LogP contribution < -0.4 is 15.5 Å². The quantitative estimate of drug-likeness (QED) is 0.379. The van der Waals surface area contributed by atoms with E-state index >= 15 is 0 Å². The maximum absolute atomic E-state index is 4.78. The maximum atomic E-state index is 4.78. The molecule has 1 saturated carbocycles. The highest BCUT2D eigenvalue weighted by atomic mass is 127. The summed E-state index contributed by atoms with van der Waals surface area (Å²) in [6.07, 6.45) is 4.69. The number of nitrogens with zero attached hydrogens (tertiary/aromatic N) is 5. The van der Waals surface area contributed by atoms with Crippen molar-refractivity contribution in [2.75, 3.05) is 18.0 Å². The lowest BCUT2D eigenvalue weighted by Crippen LogP contribution is -2.49. The maximum Gasteiger partial charge on any atom is 0.192 e. The summed E-state index contributed by atoms with van der Waals surface area (Å²) in [6.45, 7) is 4.65. The topological polar surface area (TPSA) is 70.4 Å². The zero-order valence-corrected chi connectivity index (χ0v) is 19.0. The van der Waals surface area contributed by atoms with Crippen molar-refractivity contribution < 1.29 is 0 Å². The van der Waals surface area contributed by atoms with Gasteiger partial charge < -0.3 is 20.1 Å². The number of piperidine rings is 1. The van der Waals surface area contributed by atoms with E-state index in [0.717, 1.165) is 43.5 Å². The Morgan fingerprint density at radius 2 is 1.68 bits per heavy atom. The third-order valence-electron chi connectivity index (χ3n) is 5.44. The number of benzene rings is 1. The number of aryl methyl sites for hydroxylation is 1. The van der Waals surface area contributed by atoms with Crippen LogP contribution in [-0.2, 0) is 13.6 Å². The smallest absolute Gasteiger partial charge is 0.192 e. The van der Waals surface area contributed by atoms with E-state index in [-0.39, 0.29) is 24.0 Å². The summed E-state index contributed by atoms with van der Waals surface area (Å²) in [5, 5.41) is 15.5. The van der Waals surface area contributed by atoms with Gasteiger partial charge in [0.2, 0.25) is 0 Å². The number of aromatic nitrogens is 3. The average Bonchev–Trinajstić information content (AvgIpc) is 3.46. The molecule has 1 aromatic heterocycles. The number of rotatable bonds is 5. The Balaban J connectivity index is 0.00000225. The van der Waals surface area contributed by atoms with E-state index in [4.69, 9.17) is 4.99 Å². The predicted molar refractivity (Wildman–Crippen MR) is 123 cm³/mol. The molecular weight excluding hydrogens is 465 g/mol. The van der Waals surface area contributed by atoms with Crippen molar-refractivity contribution in [1.82, 2.24) is 25.4 Å². The summed E-state index contributed by atoms with van der Waals surface area (Å²) >= 11 is 0. The summed E-state index contributed by atoms with van der Waals surface area (Å²) in [4.78, 5) is 7.24. The summed E-state index contributed by atoms with van der Waals surface area (Å²) in [6, 6.07) is 11.7. The van der Waals surface area contributed by atoms with Crippen molar-refractivity contribution in [2.24, 2.45) is 12.0 Å². The molecule has 4 rings (SSSR count). The van der Waals surface area contributed by atoms with E-state index in [2.05, 4.69) is 56.1 Å². The minimum atomic E-state index is 0. The number of para-hydroxylation sites is 1. The first-order valence-electron chi connectivity index (χ1n) is 9.91. The number of hydrogen-bond donors (Lipinski definition) is 2. The Hall–Kier alpha value is -1.84. The first-order chi connectivity index (χ1) is 13.2. The SMILES string of the molecule is Cc1nnc(CN=C(NC2CC2)NC2CCN(c3ccccc3)CC2)n1C.I. The third-order valence-corrected chi connectivity index (χ3v) is 5.44. The fraction of sp³-hybridized carbons (Fsp3) is 0.550. The summed E-state index contributed by atoms with van der Waals surface area (Å²) in [7, 11) is 1.99. The molecular formula is C20H30IN7. The van der Waals surface area contributed by atoms with Crippen LogP contribution in [0.25, 0.3) is 0 Å². The number of aliphatic imine (C=N–C) groups is 1. The second-order valence-electron chi connectivity index (χ2n) is 7.55. The Bertz CT molecular complexity index is 777. The number of guanidine groups is 1. The molecule has 0 radical (unpaired) electrons. The van der Waals surface area contributed by atoms with Gasteiger partial charge in [-0.3, -0.25) is 0 Å². The highest BCUT2D eigenvalue weighted by Crippen LogP contribution is 2.21. The molecule has 7 nitrogen and oxygen atoms in total. The second kappa shape index (κ2) is 9.58. The van der Waals surface area contributed by atoms with E-state index in [1.807, 2.05) is 18.5 Å². The van der Waals surface area contributed by atoms with Crippen LogP contribution in [0.15, 0.2) is 35.3 Å². The lowest BCUT2D eigenvalue weighted by molar-refractivity contribution is 0.461. The van der Waals surface area contributed by atoms with Gasteiger partial charge in [0, 0.05) is 37.9 Å². The molecule has 2 N–H and O–H groups in total. The number of hydrogen-bond acceptors (Lipinski definition) is 4. The van der Waals surface area contributed by atoms with Crippen molar-refractivity contribution in [3.8, 4) is 0 Å². The predicted octanol–water partition coefficient (Wildman–Crippen LogP) is 2.61. The van der Waals surface area contributed by atoms with Crippen LogP contribution >= 0.6 is 24.0 Å². The van der Waals surface area contributed by atoms with E-state index in [1.165, 1.54) is 18.5 Å². The number of anilines is 1. The van der Waals surface area contributed by atoms with Gasteiger partial charge in [-0.15, -0.1) is 34.2 Å². The minimum absolute atomic E-state index is 0. The molecule has 2 aromatic rings. The summed E-state index contributed by atoms with van der Waals surface area (Å²) in [5.74, 6) is 2.72. The van der Waals surface area contributed by atoms with E-state index in [1.54, 1.807) is 0 Å². The molecule has 2 fully saturated rings. The normalized spacial score (nSPS) is 17.9. The van der Waals surface area contributed by atoms with E-state index in [0.29, 0.717) is 18.6 Å². The molecule has 1 aliphatic carbocycles. The van der Waals surface area contributed by atoms with E-state index < -0.39 is 0 Å². The molecule has 0 atom stereocenters. The van der Waals surface area contributed by atoms with Crippen molar-refractivity contribution in [3.05, 3.63) is 42.0 Å². The average molecular weight is 495 g/mol. The van der Waals surface area contributed by atoms with Gasteiger partial charge >= 0.3 is 0 Å². The van der Waals surface area contributed by atoms with Crippen molar-refractivity contribution >= 4 is 35.6 Å². The zero-order valence-electron chi connectivity index (χ0n) is 16.6. The largest absolute Gasteiger partial charge is 0.371 e. The lowest BCUT2D eigenvalue weighted by Gasteiger charge is -2.34. The second-order valence-corrected chi connectivity index (χ2v) is 7.55. The molecule has 8 heteroatoms. The molecule has 28 heavy (non-hydrogen) atoms. The van der Waals surface area contributed by atoms with Gasteiger partial charge in [0.15, 0.2) is 11.8 Å². The van der Waals surface area contributed by atoms with Crippen LogP contribution in [0.5, 0.6) is 0 Å². The fourth-order valence-corrected chi connectivity index (χ4v) is 3.41. The molecule has 0 unspecified atom stereocenters.